The number of rotatable bonds is 9. The van der Waals surface area contributed by atoms with Gasteiger partial charge in [-0.15, -0.1) is 6.58 Å². The van der Waals surface area contributed by atoms with Gasteiger partial charge in [-0.1, -0.05) is 60.4 Å². The molecule has 0 aromatic heterocycles. The predicted molar refractivity (Wildman–Crippen MR) is 128 cm³/mol. The topological polar surface area (TPSA) is 38.8 Å². The first-order chi connectivity index (χ1) is 14.5. The van der Waals surface area contributed by atoms with E-state index in [1.807, 2.05) is 36.4 Å². The molecule has 1 amide bonds. The molecular formula is C24H25NO3S2. The van der Waals surface area contributed by atoms with Crippen molar-refractivity contribution in [2.24, 2.45) is 0 Å². The number of hydrogen-bond acceptors (Lipinski definition) is 5. The first kappa shape index (κ1) is 22.1. The van der Waals surface area contributed by atoms with Gasteiger partial charge in [0.25, 0.3) is 5.91 Å². The summed E-state index contributed by atoms with van der Waals surface area (Å²) in [5.41, 5.74) is 3.18. The number of benzene rings is 2. The van der Waals surface area contributed by atoms with Crippen LogP contribution in [0.25, 0.3) is 6.08 Å². The van der Waals surface area contributed by atoms with E-state index in [-0.39, 0.29) is 5.91 Å². The Morgan fingerprint density at radius 2 is 1.80 bits per heavy atom. The van der Waals surface area contributed by atoms with Gasteiger partial charge >= 0.3 is 0 Å². The highest BCUT2D eigenvalue weighted by Gasteiger charge is 2.30. The van der Waals surface area contributed by atoms with Gasteiger partial charge in [-0.2, -0.15) is 0 Å². The molecule has 0 N–H and O–H groups in total. The lowest BCUT2D eigenvalue weighted by atomic mass is 10.1. The highest BCUT2D eigenvalue weighted by Crippen LogP contribution is 2.32. The van der Waals surface area contributed by atoms with Crippen molar-refractivity contribution >= 4 is 40.3 Å². The summed E-state index contributed by atoms with van der Waals surface area (Å²) in [7, 11) is 0. The second kappa shape index (κ2) is 10.5. The first-order valence-corrected chi connectivity index (χ1v) is 11.0. The highest BCUT2D eigenvalue weighted by atomic mass is 32.2. The average Bonchev–Trinajstić information content (AvgIpc) is 2.98. The Hall–Kier alpha value is -2.57. The zero-order valence-corrected chi connectivity index (χ0v) is 18.9. The van der Waals surface area contributed by atoms with Gasteiger partial charge in [0.15, 0.2) is 0 Å². The maximum atomic E-state index is 12.5. The van der Waals surface area contributed by atoms with Crippen molar-refractivity contribution < 1.29 is 14.3 Å². The molecule has 0 spiro atoms. The highest BCUT2D eigenvalue weighted by molar-refractivity contribution is 8.26. The van der Waals surface area contributed by atoms with Gasteiger partial charge in [-0.25, -0.2) is 0 Å². The largest absolute Gasteiger partial charge is 0.493 e. The molecule has 1 aliphatic heterocycles. The number of aryl methyl sites for hydroxylation is 2. The van der Waals surface area contributed by atoms with Gasteiger partial charge in [0.05, 0.1) is 18.1 Å². The molecule has 0 atom stereocenters. The maximum absolute atomic E-state index is 12.5. The van der Waals surface area contributed by atoms with Gasteiger partial charge in [0.1, 0.15) is 15.8 Å². The van der Waals surface area contributed by atoms with E-state index in [1.165, 1.54) is 11.8 Å². The van der Waals surface area contributed by atoms with E-state index in [1.54, 1.807) is 11.0 Å². The molecule has 1 heterocycles. The second-order valence-corrected chi connectivity index (χ2v) is 8.60. The van der Waals surface area contributed by atoms with Gasteiger partial charge in [-0.05, 0) is 48.7 Å². The lowest BCUT2D eigenvalue weighted by molar-refractivity contribution is -0.121. The van der Waals surface area contributed by atoms with Crippen LogP contribution in [0.2, 0.25) is 0 Å². The zero-order chi connectivity index (χ0) is 21.5. The molecule has 0 unspecified atom stereocenters. The monoisotopic (exact) mass is 439 g/mol. The normalized spacial score (nSPS) is 15.0. The summed E-state index contributed by atoms with van der Waals surface area (Å²) in [6.07, 6.45) is 4.30. The molecule has 2 aromatic carbocycles. The van der Waals surface area contributed by atoms with Gasteiger partial charge < -0.3 is 9.47 Å². The number of thioether (sulfide) groups is 1. The summed E-state index contributed by atoms with van der Waals surface area (Å²) in [5, 5.41) is 0. The van der Waals surface area contributed by atoms with Gasteiger partial charge in [0, 0.05) is 13.0 Å². The Bertz CT molecular complexity index is 964. The second-order valence-electron chi connectivity index (χ2n) is 6.92. The van der Waals surface area contributed by atoms with Crippen LogP contribution in [-0.4, -0.2) is 34.9 Å². The van der Waals surface area contributed by atoms with Crippen molar-refractivity contribution in [3.8, 4) is 11.5 Å². The Morgan fingerprint density at radius 3 is 2.53 bits per heavy atom. The van der Waals surface area contributed by atoms with Crippen LogP contribution in [-0.2, 0) is 4.79 Å². The van der Waals surface area contributed by atoms with Gasteiger partial charge in [0.2, 0.25) is 0 Å². The van der Waals surface area contributed by atoms with Crippen LogP contribution >= 0.6 is 24.0 Å². The van der Waals surface area contributed by atoms with Crippen LogP contribution in [0.15, 0.2) is 60.0 Å². The summed E-state index contributed by atoms with van der Waals surface area (Å²) in [4.78, 5) is 14.6. The molecule has 0 aliphatic carbocycles. The molecule has 0 saturated carbocycles. The van der Waals surface area contributed by atoms with Crippen LogP contribution in [0.3, 0.4) is 0 Å². The Kier molecular flexibility index (Phi) is 7.71. The number of hydrogen-bond donors (Lipinski definition) is 0. The minimum absolute atomic E-state index is 0.0835. The van der Waals surface area contributed by atoms with E-state index in [0.29, 0.717) is 29.0 Å². The molecule has 0 radical (unpaired) electrons. The molecule has 1 aliphatic rings. The van der Waals surface area contributed by atoms with Crippen LogP contribution in [0.4, 0.5) is 0 Å². The van der Waals surface area contributed by atoms with E-state index >= 15 is 0 Å². The van der Waals surface area contributed by atoms with E-state index in [9.17, 15) is 4.79 Å². The number of thiocarbonyl (C=S) groups is 1. The number of nitrogens with zero attached hydrogens (tertiary/aromatic N) is 1. The molecular weight excluding hydrogens is 414 g/mol. The van der Waals surface area contributed by atoms with E-state index in [2.05, 4.69) is 32.6 Å². The molecule has 4 nitrogen and oxygen atoms in total. The summed E-state index contributed by atoms with van der Waals surface area (Å²) < 4.78 is 12.3. The Balaban J connectivity index is 1.53. The van der Waals surface area contributed by atoms with E-state index in [4.69, 9.17) is 21.7 Å². The van der Waals surface area contributed by atoms with Crippen LogP contribution in [0, 0.1) is 13.8 Å². The van der Waals surface area contributed by atoms with Crippen LogP contribution in [0.5, 0.6) is 11.5 Å². The van der Waals surface area contributed by atoms with Crippen molar-refractivity contribution in [1.82, 2.24) is 4.90 Å². The molecule has 1 fully saturated rings. The molecule has 2 aromatic rings. The summed E-state index contributed by atoms with van der Waals surface area (Å²) in [6.45, 7) is 9.35. The number of carbonyl (C=O) groups is 1. The fourth-order valence-electron chi connectivity index (χ4n) is 3.08. The molecule has 3 rings (SSSR count). The fraction of sp³-hybridized carbons (Fsp3) is 0.250. The van der Waals surface area contributed by atoms with Crippen molar-refractivity contribution in [1.29, 1.82) is 0 Å². The van der Waals surface area contributed by atoms with Crippen molar-refractivity contribution in [3.05, 3.63) is 76.7 Å². The minimum Gasteiger partial charge on any atom is -0.493 e. The number of carbonyl (C=O) groups excluding carboxylic acids is 1. The molecule has 6 heteroatoms. The fourth-order valence-corrected chi connectivity index (χ4v) is 4.36. The SMILES string of the molecule is C=CCN1C(=O)C(=Cc2cccc(OCCCOc3c(C)cccc3C)c2)SC1=S. The first-order valence-electron chi connectivity index (χ1n) is 9.77. The predicted octanol–water partition coefficient (Wildman–Crippen LogP) is 5.54. The van der Waals surface area contributed by atoms with Gasteiger partial charge in [-0.3, -0.25) is 9.69 Å². The standard InChI is InChI=1S/C24H25NO3S2/c1-4-12-25-23(26)21(30-24(25)29)16-19-10-6-11-20(15-19)27-13-7-14-28-22-17(2)8-5-9-18(22)3/h4-6,8-11,15-16H,1,7,12-14H2,2-3H3. The van der Waals surface area contributed by atoms with Crippen molar-refractivity contribution in [2.45, 2.75) is 20.3 Å². The third-order valence-corrected chi connectivity index (χ3v) is 5.93. The lowest BCUT2D eigenvalue weighted by Crippen LogP contribution is -2.27. The smallest absolute Gasteiger partial charge is 0.266 e. The summed E-state index contributed by atoms with van der Waals surface area (Å²) in [5.74, 6) is 1.63. The third kappa shape index (κ3) is 5.52. The quantitative estimate of drug-likeness (QED) is 0.222. The molecule has 0 bridgehead atoms. The van der Waals surface area contributed by atoms with E-state index in [0.717, 1.165) is 34.6 Å². The van der Waals surface area contributed by atoms with E-state index < -0.39 is 0 Å². The number of amides is 1. The van der Waals surface area contributed by atoms with Crippen molar-refractivity contribution in [3.63, 3.8) is 0 Å². The molecule has 156 valence electrons. The maximum Gasteiger partial charge on any atom is 0.266 e. The minimum atomic E-state index is -0.0835. The average molecular weight is 440 g/mol. The van der Waals surface area contributed by atoms with Crippen LogP contribution in [0.1, 0.15) is 23.1 Å². The zero-order valence-electron chi connectivity index (χ0n) is 17.2. The van der Waals surface area contributed by atoms with Crippen LogP contribution < -0.4 is 9.47 Å². The molecule has 1 saturated heterocycles. The number of para-hydroxylation sites is 1. The summed E-state index contributed by atoms with van der Waals surface area (Å²) in [6, 6.07) is 13.8. The summed E-state index contributed by atoms with van der Waals surface area (Å²) >= 11 is 6.59. The Labute approximate surface area is 187 Å². The molecule has 30 heavy (non-hydrogen) atoms. The number of ether oxygens (including phenoxy) is 2. The Morgan fingerprint density at radius 1 is 1.10 bits per heavy atom. The third-order valence-electron chi connectivity index (χ3n) is 4.55. The van der Waals surface area contributed by atoms with Crippen molar-refractivity contribution in [2.75, 3.05) is 19.8 Å². The lowest BCUT2D eigenvalue weighted by Gasteiger charge is -2.12.